The van der Waals surface area contributed by atoms with Crippen molar-refractivity contribution < 1.29 is 19.1 Å². The molecule has 2 amide bonds. The normalized spacial score (nSPS) is 25.0. The van der Waals surface area contributed by atoms with E-state index in [9.17, 15) is 14.4 Å². The van der Waals surface area contributed by atoms with Gasteiger partial charge in [0.05, 0.1) is 34.0 Å². The van der Waals surface area contributed by atoms with Crippen molar-refractivity contribution >= 4 is 39.4 Å². The molecule has 4 aliphatic rings. The lowest BCUT2D eigenvalue weighted by molar-refractivity contribution is -0.122. The van der Waals surface area contributed by atoms with Crippen molar-refractivity contribution in [2.75, 3.05) is 11.5 Å². The molecule has 0 aromatic heterocycles. The van der Waals surface area contributed by atoms with E-state index in [1.807, 2.05) is 24.3 Å². The number of carbonyl (C=O) groups excluding carboxylic acids is 3. The Balaban J connectivity index is 1.35. The van der Waals surface area contributed by atoms with Crippen LogP contribution in [0.3, 0.4) is 0 Å². The lowest BCUT2D eigenvalue weighted by Crippen LogP contribution is -2.50. The summed E-state index contributed by atoms with van der Waals surface area (Å²) in [7, 11) is 0. The maximum absolute atomic E-state index is 14.1. The number of esters is 1. The Kier molecular flexibility index (Phi) is 6.03. The maximum atomic E-state index is 14.1. The molecule has 1 heterocycles. The van der Waals surface area contributed by atoms with Crippen LogP contribution in [0, 0.1) is 11.8 Å². The van der Waals surface area contributed by atoms with Crippen LogP contribution < -0.4 is 4.90 Å². The van der Waals surface area contributed by atoms with Gasteiger partial charge in [0.1, 0.15) is 0 Å². The minimum Gasteiger partial charge on any atom is -0.462 e. The average Bonchev–Trinajstić information content (AvgIpc) is 3.20. The van der Waals surface area contributed by atoms with Gasteiger partial charge in [-0.25, -0.2) is 9.69 Å². The van der Waals surface area contributed by atoms with Gasteiger partial charge in [-0.05, 0) is 46.9 Å². The van der Waals surface area contributed by atoms with Gasteiger partial charge in [0.15, 0.2) is 0 Å². The highest BCUT2D eigenvalue weighted by Gasteiger charge is 2.67. The minimum atomic E-state index is -0.796. The van der Waals surface area contributed by atoms with E-state index in [0.717, 1.165) is 47.9 Å². The first-order chi connectivity index (χ1) is 18.0. The number of benzene rings is 3. The molecule has 37 heavy (non-hydrogen) atoms. The van der Waals surface area contributed by atoms with Gasteiger partial charge in [0.2, 0.25) is 11.8 Å². The molecule has 0 N–H and O–H groups in total. The number of rotatable bonds is 7. The van der Waals surface area contributed by atoms with E-state index in [1.54, 1.807) is 24.3 Å². The lowest BCUT2D eigenvalue weighted by Gasteiger charge is -2.51. The molecular formula is C31H28BrNO4. The van der Waals surface area contributed by atoms with Gasteiger partial charge < -0.3 is 4.74 Å². The van der Waals surface area contributed by atoms with Gasteiger partial charge in [-0.15, -0.1) is 0 Å². The van der Waals surface area contributed by atoms with Crippen LogP contribution in [0.1, 0.15) is 71.1 Å². The standard InChI is InChI=1S/C31H28BrNO4/c1-2-3-4-9-17-37-30(36)19-11-10-12-20(18-19)33-28(34)26-25-21-13-5-7-15-23(21)31(32,27(26)29(33)35)24-16-8-6-14-22(24)25/h5-8,10-16,18,25-27H,2-4,9,17H2,1H3/t25?,26-,27+,31?/m1/s1. The highest BCUT2D eigenvalue weighted by Crippen LogP contribution is 2.66. The summed E-state index contributed by atoms with van der Waals surface area (Å²) in [6, 6.07) is 22.9. The average molecular weight is 558 g/mol. The lowest BCUT2D eigenvalue weighted by atomic mass is 9.55. The summed E-state index contributed by atoms with van der Waals surface area (Å²) in [5.41, 5.74) is 5.01. The zero-order chi connectivity index (χ0) is 25.7. The molecule has 1 fully saturated rings. The van der Waals surface area contributed by atoms with Gasteiger partial charge in [-0.2, -0.15) is 0 Å². The zero-order valence-electron chi connectivity index (χ0n) is 20.7. The summed E-state index contributed by atoms with van der Waals surface area (Å²) < 4.78 is 4.65. The largest absolute Gasteiger partial charge is 0.462 e. The molecule has 1 saturated heterocycles. The number of carbonyl (C=O) groups is 3. The summed E-state index contributed by atoms with van der Waals surface area (Å²) in [6.45, 7) is 2.49. The summed E-state index contributed by atoms with van der Waals surface area (Å²) >= 11 is 4.02. The van der Waals surface area contributed by atoms with Crippen molar-refractivity contribution in [1.29, 1.82) is 0 Å². The summed E-state index contributed by atoms with van der Waals surface area (Å²) in [5.74, 6) is -2.21. The second kappa shape index (κ2) is 9.25. The molecule has 7 rings (SSSR count). The Morgan fingerprint density at radius 3 is 2.24 bits per heavy atom. The number of nitrogens with zero attached hydrogens (tertiary/aromatic N) is 1. The summed E-state index contributed by atoms with van der Waals surface area (Å²) in [5, 5.41) is 0. The fourth-order valence-corrected chi connectivity index (χ4v) is 7.69. The molecule has 5 nitrogen and oxygen atoms in total. The van der Waals surface area contributed by atoms with Gasteiger partial charge >= 0.3 is 5.97 Å². The van der Waals surface area contributed by atoms with Crippen LogP contribution in [0.4, 0.5) is 5.69 Å². The fraction of sp³-hybridized carbons (Fsp3) is 0.323. The molecule has 3 aliphatic carbocycles. The number of imide groups is 1. The van der Waals surface area contributed by atoms with Crippen molar-refractivity contribution in [3.8, 4) is 0 Å². The number of unbranched alkanes of at least 4 members (excludes halogenated alkanes) is 3. The number of hydrogen-bond acceptors (Lipinski definition) is 4. The van der Waals surface area contributed by atoms with Crippen LogP contribution in [0.15, 0.2) is 72.8 Å². The number of alkyl halides is 1. The number of amides is 2. The third kappa shape index (κ3) is 3.52. The second-order valence-corrected chi connectivity index (χ2v) is 11.4. The second-order valence-electron chi connectivity index (χ2n) is 10.1. The Morgan fingerprint density at radius 1 is 0.892 bits per heavy atom. The SMILES string of the molecule is CCCCCCOC(=O)c1cccc(N2C(=O)[C@@H]3C4c5ccccc5C(Br)(c5ccccc54)[C@@H]3C2=O)c1. The molecule has 1 aliphatic heterocycles. The van der Waals surface area contributed by atoms with Crippen molar-refractivity contribution in [3.63, 3.8) is 0 Å². The van der Waals surface area contributed by atoms with Gasteiger partial charge in [-0.3, -0.25) is 9.59 Å². The topological polar surface area (TPSA) is 63.7 Å². The molecule has 0 radical (unpaired) electrons. The molecule has 3 aromatic rings. The van der Waals surface area contributed by atoms with Crippen LogP contribution in [-0.4, -0.2) is 24.4 Å². The van der Waals surface area contributed by atoms with Gasteiger partial charge in [-0.1, -0.05) is 96.7 Å². The summed E-state index contributed by atoms with van der Waals surface area (Å²) in [6.07, 6.45) is 4.06. The first-order valence-electron chi connectivity index (χ1n) is 13.0. The first-order valence-corrected chi connectivity index (χ1v) is 13.8. The number of hydrogen-bond donors (Lipinski definition) is 0. The molecule has 0 saturated carbocycles. The molecular weight excluding hydrogens is 530 g/mol. The number of halogens is 1. The van der Waals surface area contributed by atoms with Crippen molar-refractivity contribution in [2.45, 2.75) is 42.8 Å². The Bertz CT molecular complexity index is 1370. The van der Waals surface area contributed by atoms with E-state index < -0.39 is 22.1 Å². The molecule has 2 atom stereocenters. The predicted molar refractivity (Wildman–Crippen MR) is 145 cm³/mol. The van der Waals surface area contributed by atoms with Crippen molar-refractivity contribution in [1.82, 2.24) is 0 Å². The number of ether oxygens (including phenoxy) is 1. The minimum absolute atomic E-state index is 0.199. The highest BCUT2D eigenvalue weighted by molar-refractivity contribution is 9.09. The molecule has 0 unspecified atom stereocenters. The van der Waals surface area contributed by atoms with Crippen molar-refractivity contribution in [3.05, 3.63) is 101 Å². The fourth-order valence-electron chi connectivity index (χ4n) is 6.48. The first kappa shape index (κ1) is 24.1. The van der Waals surface area contributed by atoms with E-state index in [4.69, 9.17) is 4.74 Å². The third-order valence-electron chi connectivity index (χ3n) is 8.09. The van der Waals surface area contributed by atoms with Crippen molar-refractivity contribution in [2.24, 2.45) is 11.8 Å². The molecule has 6 heteroatoms. The predicted octanol–water partition coefficient (Wildman–Crippen LogP) is 6.33. The third-order valence-corrected chi connectivity index (χ3v) is 9.43. The van der Waals surface area contributed by atoms with Crippen LogP contribution >= 0.6 is 15.9 Å². The monoisotopic (exact) mass is 557 g/mol. The smallest absolute Gasteiger partial charge is 0.338 e. The molecule has 2 bridgehead atoms. The highest BCUT2D eigenvalue weighted by atomic mass is 79.9. The molecule has 0 spiro atoms. The van der Waals surface area contributed by atoms with E-state index in [1.165, 1.54) is 4.90 Å². The molecule has 188 valence electrons. The molecule has 3 aromatic carbocycles. The summed E-state index contributed by atoms with van der Waals surface area (Å²) in [4.78, 5) is 42.1. The van der Waals surface area contributed by atoms with E-state index >= 15 is 0 Å². The quantitative estimate of drug-likeness (QED) is 0.147. The Morgan fingerprint density at radius 2 is 1.57 bits per heavy atom. The Labute approximate surface area is 224 Å². The van der Waals surface area contributed by atoms with Crippen LogP contribution in [-0.2, 0) is 18.7 Å². The Hall–Kier alpha value is -3.25. The van der Waals surface area contributed by atoms with E-state index in [2.05, 4.69) is 47.1 Å². The zero-order valence-corrected chi connectivity index (χ0v) is 22.2. The van der Waals surface area contributed by atoms with Gasteiger partial charge in [0, 0.05) is 5.92 Å². The van der Waals surface area contributed by atoms with Gasteiger partial charge in [0.25, 0.3) is 0 Å². The van der Waals surface area contributed by atoms with E-state index in [0.29, 0.717) is 17.9 Å². The number of anilines is 1. The van der Waals surface area contributed by atoms with Crippen LogP contribution in [0.25, 0.3) is 0 Å². The maximum Gasteiger partial charge on any atom is 0.338 e. The van der Waals surface area contributed by atoms with Crippen LogP contribution in [0.5, 0.6) is 0 Å². The van der Waals surface area contributed by atoms with E-state index in [-0.39, 0.29) is 17.7 Å². The van der Waals surface area contributed by atoms with Crippen LogP contribution in [0.2, 0.25) is 0 Å².